The van der Waals surface area contributed by atoms with Gasteiger partial charge in [-0.1, -0.05) is 76.9 Å². The number of halogens is 2. The van der Waals surface area contributed by atoms with E-state index in [0.717, 1.165) is 38.1 Å². The van der Waals surface area contributed by atoms with Crippen LogP contribution in [-0.2, 0) is 32.6 Å². The van der Waals surface area contributed by atoms with Gasteiger partial charge < -0.3 is 10.2 Å². The van der Waals surface area contributed by atoms with Gasteiger partial charge in [0.2, 0.25) is 21.8 Å². The van der Waals surface area contributed by atoms with E-state index in [4.69, 9.17) is 11.6 Å². The minimum absolute atomic E-state index is 0.101. The Hall–Kier alpha value is -2.88. The molecule has 208 valence electrons. The molecule has 0 unspecified atom stereocenters. The summed E-state index contributed by atoms with van der Waals surface area (Å²) < 4.78 is 27.6. The van der Waals surface area contributed by atoms with Crippen LogP contribution in [0.15, 0.2) is 77.3 Å². The van der Waals surface area contributed by atoms with Gasteiger partial charge in [0.05, 0.1) is 11.9 Å². The van der Waals surface area contributed by atoms with Crippen molar-refractivity contribution < 1.29 is 18.0 Å². The smallest absolute Gasteiger partial charge is 0.244 e. The first-order chi connectivity index (χ1) is 18.5. The maximum atomic E-state index is 14.0. The maximum Gasteiger partial charge on any atom is 0.244 e. The van der Waals surface area contributed by atoms with Gasteiger partial charge in [-0.15, -0.1) is 0 Å². The first-order valence-corrected chi connectivity index (χ1v) is 15.6. The van der Waals surface area contributed by atoms with E-state index in [2.05, 4.69) is 21.2 Å². The number of anilines is 1. The van der Waals surface area contributed by atoms with Gasteiger partial charge in [0.15, 0.2) is 0 Å². The average Bonchev–Trinajstić information content (AvgIpc) is 2.90. The summed E-state index contributed by atoms with van der Waals surface area (Å²) in [6, 6.07) is 20.7. The average molecular weight is 635 g/mol. The van der Waals surface area contributed by atoms with Crippen molar-refractivity contribution in [3.8, 4) is 0 Å². The largest absolute Gasteiger partial charge is 0.354 e. The molecule has 0 bridgehead atoms. The van der Waals surface area contributed by atoms with Gasteiger partial charge in [-0.25, -0.2) is 8.42 Å². The Morgan fingerprint density at radius 1 is 1.00 bits per heavy atom. The summed E-state index contributed by atoms with van der Waals surface area (Å²) in [5, 5.41) is 3.47. The zero-order chi connectivity index (χ0) is 28.6. The lowest BCUT2D eigenvalue weighted by Crippen LogP contribution is -2.53. The molecule has 3 aromatic carbocycles. The highest BCUT2D eigenvalue weighted by molar-refractivity contribution is 9.10. The standard InChI is InChI=1S/C29H33BrClN3O4S/c1-4-16-32-29(36)27(18-22-8-6-5-7-9-22)33(19-23-10-12-24(31)13-11-23)28(35)20-34(39(3,37)38)25-14-15-26(30)21(2)17-25/h5-15,17,27H,4,16,18-20H2,1-3H3,(H,32,36)/t27-/m1/s1. The number of amides is 2. The van der Waals surface area contributed by atoms with Crippen LogP contribution in [0, 0.1) is 6.92 Å². The number of nitrogens with one attached hydrogen (secondary N) is 1. The SMILES string of the molecule is CCCNC(=O)[C@@H](Cc1ccccc1)N(Cc1ccc(Cl)cc1)C(=O)CN(c1ccc(Br)c(C)c1)S(C)(=O)=O. The van der Waals surface area contributed by atoms with E-state index in [1.165, 1.54) is 4.90 Å². The molecule has 2 amide bonds. The van der Waals surface area contributed by atoms with Crippen LogP contribution in [0.5, 0.6) is 0 Å². The van der Waals surface area contributed by atoms with Crippen LogP contribution in [0.3, 0.4) is 0 Å². The molecule has 39 heavy (non-hydrogen) atoms. The number of carbonyl (C=O) groups is 2. The molecule has 7 nitrogen and oxygen atoms in total. The third kappa shape index (κ3) is 8.81. The van der Waals surface area contributed by atoms with Crippen molar-refractivity contribution >= 4 is 55.1 Å². The van der Waals surface area contributed by atoms with Gasteiger partial charge in [0, 0.05) is 29.0 Å². The second kappa shape index (κ2) is 14.0. The fourth-order valence-electron chi connectivity index (χ4n) is 4.10. The van der Waals surface area contributed by atoms with Gasteiger partial charge in [0.25, 0.3) is 0 Å². The highest BCUT2D eigenvalue weighted by Crippen LogP contribution is 2.25. The zero-order valence-electron chi connectivity index (χ0n) is 22.2. The van der Waals surface area contributed by atoms with Crippen molar-refractivity contribution in [2.75, 3.05) is 23.7 Å². The third-order valence-corrected chi connectivity index (χ3v) is 8.48. The summed E-state index contributed by atoms with van der Waals surface area (Å²) in [5.74, 6) is -0.795. The highest BCUT2D eigenvalue weighted by Gasteiger charge is 2.33. The molecule has 0 aliphatic carbocycles. The summed E-state index contributed by atoms with van der Waals surface area (Å²) in [6.07, 6.45) is 2.07. The van der Waals surface area contributed by atoms with Gasteiger partial charge in [-0.3, -0.25) is 13.9 Å². The Morgan fingerprint density at radius 2 is 1.67 bits per heavy atom. The van der Waals surface area contributed by atoms with Crippen LogP contribution in [0.2, 0.25) is 5.02 Å². The number of hydrogen-bond acceptors (Lipinski definition) is 4. The van der Waals surface area contributed by atoms with Crippen LogP contribution in [0.1, 0.15) is 30.0 Å². The second-order valence-electron chi connectivity index (χ2n) is 9.35. The molecule has 0 aliphatic heterocycles. The molecule has 0 spiro atoms. The van der Waals surface area contributed by atoms with Gasteiger partial charge in [0.1, 0.15) is 12.6 Å². The summed E-state index contributed by atoms with van der Waals surface area (Å²) >= 11 is 9.51. The molecular formula is C29H33BrClN3O4S. The lowest BCUT2D eigenvalue weighted by molar-refractivity contribution is -0.140. The molecule has 0 radical (unpaired) electrons. The number of nitrogens with zero attached hydrogens (tertiary/aromatic N) is 2. The molecule has 0 fully saturated rings. The van der Waals surface area contributed by atoms with Crippen LogP contribution >= 0.6 is 27.5 Å². The summed E-state index contributed by atoms with van der Waals surface area (Å²) in [6.45, 7) is 3.90. The number of aryl methyl sites for hydroxylation is 1. The number of hydrogen-bond donors (Lipinski definition) is 1. The van der Waals surface area contributed by atoms with Crippen molar-refractivity contribution in [1.82, 2.24) is 10.2 Å². The number of sulfonamides is 1. The minimum Gasteiger partial charge on any atom is -0.354 e. The van der Waals surface area contributed by atoms with Crippen LogP contribution < -0.4 is 9.62 Å². The van der Waals surface area contributed by atoms with Crippen LogP contribution in [-0.4, -0.2) is 50.5 Å². The summed E-state index contributed by atoms with van der Waals surface area (Å²) in [5.41, 5.74) is 2.84. The number of benzene rings is 3. The van der Waals surface area contributed by atoms with E-state index in [9.17, 15) is 18.0 Å². The molecule has 0 aromatic heterocycles. The van der Waals surface area contributed by atoms with Crippen molar-refractivity contribution in [2.45, 2.75) is 39.3 Å². The lowest BCUT2D eigenvalue weighted by Gasteiger charge is -2.33. The molecule has 0 saturated heterocycles. The lowest BCUT2D eigenvalue weighted by atomic mass is 10.0. The van der Waals surface area contributed by atoms with Gasteiger partial charge >= 0.3 is 0 Å². The molecule has 3 rings (SSSR count). The Kier molecular flexibility index (Phi) is 11.0. The fourth-order valence-corrected chi connectivity index (χ4v) is 5.32. The van der Waals surface area contributed by atoms with Gasteiger partial charge in [-0.05, 0) is 60.4 Å². The normalized spacial score (nSPS) is 12.0. The topological polar surface area (TPSA) is 86.8 Å². The van der Waals surface area contributed by atoms with Crippen LogP contribution in [0.4, 0.5) is 5.69 Å². The highest BCUT2D eigenvalue weighted by atomic mass is 79.9. The predicted molar refractivity (Wildman–Crippen MR) is 160 cm³/mol. The predicted octanol–water partition coefficient (Wildman–Crippen LogP) is 5.34. The molecule has 0 heterocycles. The van der Waals surface area contributed by atoms with E-state index < -0.39 is 28.5 Å². The Labute approximate surface area is 244 Å². The molecular weight excluding hydrogens is 602 g/mol. The molecule has 1 atom stereocenters. The second-order valence-corrected chi connectivity index (χ2v) is 12.5. The van der Waals surface area contributed by atoms with E-state index >= 15 is 0 Å². The number of carbonyl (C=O) groups excluding carboxylic acids is 2. The molecule has 3 aromatic rings. The molecule has 0 saturated carbocycles. The van der Waals surface area contributed by atoms with E-state index in [1.807, 2.05) is 44.2 Å². The number of rotatable bonds is 12. The first-order valence-electron chi connectivity index (χ1n) is 12.6. The van der Waals surface area contributed by atoms with E-state index in [1.54, 1.807) is 42.5 Å². The Morgan fingerprint density at radius 3 is 2.26 bits per heavy atom. The quantitative estimate of drug-likeness (QED) is 0.291. The van der Waals surface area contributed by atoms with E-state index in [0.29, 0.717) is 17.3 Å². The monoisotopic (exact) mass is 633 g/mol. The Bertz CT molecular complexity index is 1390. The van der Waals surface area contributed by atoms with Crippen LogP contribution in [0.25, 0.3) is 0 Å². The molecule has 1 N–H and O–H groups in total. The molecule has 10 heteroatoms. The Balaban J connectivity index is 2.04. The molecule has 0 aliphatic rings. The fraction of sp³-hybridized carbons (Fsp3) is 0.310. The summed E-state index contributed by atoms with van der Waals surface area (Å²) in [7, 11) is -3.82. The maximum absolute atomic E-state index is 14.0. The minimum atomic E-state index is -3.82. The van der Waals surface area contributed by atoms with Crippen molar-refractivity contribution in [1.29, 1.82) is 0 Å². The van der Waals surface area contributed by atoms with E-state index in [-0.39, 0.29) is 18.9 Å². The van der Waals surface area contributed by atoms with Crippen molar-refractivity contribution in [3.05, 3.63) is 99.0 Å². The summed E-state index contributed by atoms with van der Waals surface area (Å²) in [4.78, 5) is 28.9. The zero-order valence-corrected chi connectivity index (χ0v) is 25.4. The van der Waals surface area contributed by atoms with Crippen molar-refractivity contribution in [3.63, 3.8) is 0 Å². The first kappa shape index (κ1) is 30.7. The van der Waals surface area contributed by atoms with Crippen molar-refractivity contribution in [2.24, 2.45) is 0 Å². The third-order valence-electron chi connectivity index (χ3n) is 6.20. The van der Waals surface area contributed by atoms with Gasteiger partial charge in [-0.2, -0.15) is 0 Å².